The average Bonchev–Trinajstić information content (AvgIpc) is 2.78. The fraction of sp³-hybridized carbons (Fsp3) is 0. The predicted octanol–water partition coefficient (Wildman–Crippen LogP) is 3.53. The van der Waals surface area contributed by atoms with Gasteiger partial charge < -0.3 is 4.42 Å². The van der Waals surface area contributed by atoms with Crippen LogP contribution in [0.1, 0.15) is 0 Å². The molecule has 4 aromatic rings. The van der Waals surface area contributed by atoms with Crippen molar-refractivity contribution in [2.24, 2.45) is 0 Å². The number of benzene rings is 2. The molecule has 0 aliphatic carbocycles. The molecule has 0 radical (unpaired) electrons. The van der Waals surface area contributed by atoms with Crippen molar-refractivity contribution >= 4 is 33.0 Å². The van der Waals surface area contributed by atoms with Gasteiger partial charge in [-0.05, 0) is 11.5 Å². The number of furan rings is 1. The first-order valence-electron chi connectivity index (χ1n) is 5.44. The van der Waals surface area contributed by atoms with E-state index in [0.717, 1.165) is 21.9 Å². The Kier molecular flexibility index (Phi) is 1.56. The molecule has 2 aromatic heterocycles. The van der Waals surface area contributed by atoms with Crippen LogP contribution >= 0.6 is 0 Å². The van der Waals surface area contributed by atoms with Crippen molar-refractivity contribution < 1.29 is 4.42 Å². The van der Waals surface area contributed by atoms with Crippen LogP contribution in [0.2, 0.25) is 0 Å². The number of aromatic nitrogens is 2. The highest BCUT2D eigenvalue weighted by atomic mass is 16.3. The lowest BCUT2D eigenvalue weighted by Gasteiger charge is -1.96. The van der Waals surface area contributed by atoms with Gasteiger partial charge in [-0.25, -0.2) is 9.97 Å². The van der Waals surface area contributed by atoms with Crippen molar-refractivity contribution in [3.05, 3.63) is 48.8 Å². The molecule has 0 fully saturated rings. The van der Waals surface area contributed by atoms with Gasteiger partial charge in [0.15, 0.2) is 0 Å². The Hall–Kier alpha value is -2.42. The monoisotopic (exact) mass is 220 g/mol. The standard InChI is InChI=1S/C14H8N2O/c1-2-4-10-9(3-1)5-6-11-12-14(17-13(10)11)16-8-7-15-12/h1-8H. The molecule has 0 aliphatic heterocycles. The lowest BCUT2D eigenvalue weighted by Crippen LogP contribution is -1.76. The highest BCUT2D eigenvalue weighted by Crippen LogP contribution is 2.31. The minimum atomic E-state index is 0.596. The lowest BCUT2D eigenvalue weighted by atomic mass is 10.1. The Balaban J connectivity index is 2.34. The smallest absolute Gasteiger partial charge is 0.246 e. The first kappa shape index (κ1) is 8.70. The zero-order valence-electron chi connectivity index (χ0n) is 8.92. The van der Waals surface area contributed by atoms with Crippen molar-refractivity contribution in [3.8, 4) is 0 Å². The number of hydrogen-bond donors (Lipinski definition) is 0. The Bertz CT molecular complexity index is 848. The van der Waals surface area contributed by atoms with Gasteiger partial charge in [0.05, 0.1) is 0 Å². The summed E-state index contributed by atoms with van der Waals surface area (Å²) in [7, 11) is 0. The van der Waals surface area contributed by atoms with Crippen LogP contribution in [-0.2, 0) is 0 Å². The van der Waals surface area contributed by atoms with Crippen molar-refractivity contribution in [1.82, 2.24) is 9.97 Å². The van der Waals surface area contributed by atoms with Crippen molar-refractivity contribution in [1.29, 1.82) is 0 Å². The minimum absolute atomic E-state index is 0.596. The van der Waals surface area contributed by atoms with Gasteiger partial charge in [-0.3, -0.25) is 0 Å². The van der Waals surface area contributed by atoms with Crippen LogP contribution < -0.4 is 0 Å². The van der Waals surface area contributed by atoms with E-state index in [1.165, 1.54) is 5.39 Å². The Morgan fingerprint density at radius 1 is 0.824 bits per heavy atom. The van der Waals surface area contributed by atoms with Gasteiger partial charge in [-0.15, -0.1) is 0 Å². The summed E-state index contributed by atoms with van der Waals surface area (Å²) in [5, 5.41) is 3.29. The van der Waals surface area contributed by atoms with Crippen LogP contribution in [-0.4, -0.2) is 9.97 Å². The fourth-order valence-corrected chi connectivity index (χ4v) is 2.22. The topological polar surface area (TPSA) is 38.9 Å². The summed E-state index contributed by atoms with van der Waals surface area (Å²) in [6, 6.07) is 12.3. The molecule has 0 amide bonds. The fourth-order valence-electron chi connectivity index (χ4n) is 2.22. The van der Waals surface area contributed by atoms with Gasteiger partial charge in [0.25, 0.3) is 0 Å². The van der Waals surface area contributed by atoms with E-state index in [-0.39, 0.29) is 0 Å². The van der Waals surface area contributed by atoms with Gasteiger partial charge in [-0.2, -0.15) is 0 Å². The second kappa shape index (κ2) is 3.04. The minimum Gasteiger partial charge on any atom is -0.436 e. The Morgan fingerprint density at radius 2 is 1.71 bits per heavy atom. The molecule has 3 heteroatoms. The third kappa shape index (κ3) is 1.11. The van der Waals surface area contributed by atoms with Crippen LogP contribution in [0.25, 0.3) is 33.0 Å². The largest absolute Gasteiger partial charge is 0.436 e. The molecule has 0 saturated heterocycles. The summed E-state index contributed by atoms with van der Waals surface area (Å²) in [5.41, 5.74) is 2.29. The third-order valence-electron chi connectivity index (χ3n) is 3.00. The molecule has 17 heavy (non-hydrogen) atoms. The molecule has 0 spiro atoms. The number of nitrogens with zero attached hydrogens (tertiary/aromatic N) is 2. The molecule has 0 atom stereocenters. The van der Waals surface area contributed by atoms with Gasteiger partial charge in [0, 0.05) is 23.2 Å². The van der Waals surface area contributed by atoms with Crippen LogP contribution in [0.3, 0.4) is 0 Å². The van der Waals surface area contributed by atoms with E-state index in [0.29, 0.717) is 5.71 Å². The maximum atomic E-state index is 5.79. The number of fused-ring (bicyclic) bond motifs is 5. The molecular formula is C14H8N2O. The van der Waals surface area contributed by atoms with E-state index >= 15 is 0 Å². The molecule has 0 N–H and O–H groups in total. The molecule has 3 nitrogen and oxygen atoms in total. The van der Waals surface area contributed by atoms with Gasteiger partial charge in [0.1, 0.15) is 11.1 Å². The van der Waals surface area contributed by atoms with E-state index in [9.17, 15) is 0 Å². The van der Waals surface area contributed by atoms with E-state index in [4.69, 9.17) is 4.42 Å². The summed E-state index contributed by atoms with van der Waals surface area (Å²) in [5.74, 6) is 0. The summed E-state index contributed by atoms with van der Waals surface area (Å²) < 4.78 is 5.79. The predicted molar refractivity (Wildman–Crippen MR) is 66.8 cm³/mol. The zero-order chi connectivity index (χ0) is 11.2. The number of hydrogen-bond acceptors (Lipinski definition) is 3. The van der Waals surface area contributed by atoms with Crippen LogP contribution in [0, 0.1) is 0 Å². The van der Waals surface area contributed by atoms with Crippen LogP contribution in [0.15, 0.2) is 53.2 Å². The first-order chi connectivity index (χ1) is 8.43. The maximum Gasteiger partial charge on any atom is 0.246 e. The molecule has 4 rings (SSSR count). The number of rotatable bonds is 0. The first-order valence-corrected chi connectivity index (χ1v) is 5.44. The quantitative estimate of drug-likeness (QED) is 0.455. The van der Waals surface area contributed by atoms with Crippen molar-refractivity contribution in [3.63, 3.8) is 0 Å². The summed E-state index contributed by atoms with van der Waals surface area (Å²) >= 11 is 0. The van der Waals surface area contributed by atoms with E-state index in [1.807, 2.05) is 18.2 Å². The van der Waals surface area contributed by atoms with Crippen LogP contribution in [0.5, 0.6) is 0 Å². The molecule has 2 aromatic carbocycles. The Labute approximate surface area is 96.7 Å². The highest BCUT2D eigenvalue weighted by Gasteiger charge is 2.10. The normalized spacial score (nSPS) is 11.5. The van der Waals surface area contributed by atoms with Gasteiger partial charge in [0.2, 0.25) is 5.71 Å². The van der Waals surface area contributed by atoms with Gasteiger partial charge in [-0.1, -0.05) is 30.3 Å². The third-order valence-corrected chi connectivity index (χ3v) is 3.00. The second-order valence-electron chi connectivity index (χ2n) is 3.98. The summed E-state index contributed by atoms with van der Waals surface area (Å²) in [6.45, 7) is 0. The second-order valence-corrected chi connectivity index (χ2v) is 3.98. The van der Waals surface area contributed by atoms with E-state index < -0.39 is 0 Å². The van der Waals surface area contributed by atoms with Crippen molar-refractivity contribution in [2.75, 3.05) is 0 Å². The maximum absolute atomic E-state index is 5.79. The van der Waals surface area contributed by atoms with Crippen LogP contribution in [0.4, 0.5) is 0 Å². The lowest BCUT2D eigenvalue weighted by molar-refractivity contribution is 0.656. The zero-order valence-corrected chi connectivity index (χ0v) is 8.92. The molecule has 2 heterocycles. The SMILES string of the molecule is c1ccc2c(c1)ccc1c3nccnc3oc21. The molecule has 0 unspecified atom stereocenters. The van der Waals surface area contributed by atoms with E-state index in [2.05, 4.69) is 28.2 Å². The highest BCUT2D eigenvalue weighted by molar-refractivity contribution is 6.12. The van der Waals surface area contributed by atoms with Gasteiger partial charge >= 0.3 is 0 Å². The Morgan fingerprint density at radius 3 is 2.71 bits per heavy atom. The summed E-state index contributed by atoms with van der Waals surface area (Å²) in [6.07, 6.45) is 3.33. The van der Waals surface area contributed by atoms with E-state index in [1.54, 1.807) is 12.4 Å². The molecule has 0 saturated carbocycles. The average molecular weight is 220 g/mol. The molecule has 0 aliphatic rings. The van der Waals surface area contributed by atoms with Crippen molar-refractivity contribution in [2.45, 2.75) is 0 Å². The molecule has 80 valence electrons. The molecule has 0 bridgehead atoms. The molecular weight excluding hydrogens is 212 g/mol. The summed E-state index contributed by atoms with van der Waals surface area (Å²) in [4.78, 5) is 8.52.